The maximum absolute atomic E-state index is 12.4. The molecular weight excluding hydrogens is 388 g/mol. The van der Waals surface area contributed by atoms with Crippen molar-refractivity contribution in [2.24, 2.45) is 0 Å². The van der Waals surface area contributed by atoms with Gasteiger partial charge in [-0.1, -0.05) is 48.6 Å². The van der Waals surface area contributed by atoms with Crippen LogP contribution in [0.3, 0.4) is 0 Å². The molecule has 3 heterocycles. The second-order valence-electron chi connectivity index (χ2n) is 7.01. The van der Waals surface area contributed by atoms with Crippen molar-refractivity contribution in [3.8, 4) is 0 Å². The Balaban J connectivity index is 1.45. The average molecular weight is 415 g/mol. The molecule has 2 amide bonds. The number of pyridine rings is 2. The number of hydrogen-bond acceptors (Lipinski definition) is 4. The van der Waals surface area contributed by atoms with Crippen molar-refractivity contribution >= 4 is 24.0 Å². The maximum atomic E-state index is 12.4. The average Bonchev–Trinajstić information content (AvgIpc) is 3.07. The van der Waals surface area contributed by atoms with Gasteiger partial charge in [-0.15, -0.1) is 0 Å². The van der Waals surface area contributed by atoms with Gasteiger partial charge in [-0.2, -0.15) is 0 Å². The molecule has 0 unspecified atom stereocenters. The smallest absolute Gasteiger partial charge is 0.246 e. The predicted octanol–water partition coefficient (Wildman–Crippen LogP) is 3.38. The van der Waals surface area contributed by atoms with E-state index in [4.69, 9.17) is 0 Å². The highest BCUT2D eigenvalue weighted by molar-refractivity contribution is 5.89. The normalized spacial score (nSPS) is 15.4. The predicted molar refractivity (Wildman–Crippen MR) is 123 cm³/mol. The van der Waals surface area contributed by atoms with E-state index in [2.05, 4.69) is 9.97 Å². The Bertz CT molecular complexity index is 886. The summed E-state index contributed by atoms with van der Waals surface area (Å²) in [6, 6.07) is 7.63. The van der Waals surface area contributed by atoms with Crippen LogP contribution in [0.25, 0.3) is 12.2 Å². The van der Waals surface area contributed by atoms with Crippen molar-refractivity contribution < 1.29 is 9.59 Å². The first kappa shape index (κ1) is 21.9. The Hall–Kier alpha value is -3.80. The summed E-state index contributed by atoms with van der Waals surface area (Å²) in [5.41, 5.74) is 1.96. The highest BCUT2D eigenvalue weighted by Gasteiger charge is 2.19. The number of aromatic nitrogens is 2. The molecule has 6 heteroatoms. The summed E-state index contributed by atoms with van der Waals surface area (Å²) in [6.07, 6.45) is 21.8. The largest absolute Gasteiger partial charge is 0.337 e. The van der Waals surface area contributed by atoms with Gasteiger partial charge in [0.05, 0.1) is 0 Å². The lowest BCUT2D eigenvalue weighted by Gasteiger charge is -2.20. The van der Waals surface area contributed by atoms with Crippen molar-refractivity contribution in [2.75, 3.05) is 26.2 Å². The molecule has 1 fully saturated rings. The van der Waals surface area contributed by atoms with Crippen LogP contribution >= 0.6 is 0 Å². The molecule has 3 rings (SSSR count). The maximum Gasteiger partial charge on any atom is 0.246 e. The number of amides is 2. The highest BCUT2D eigenvalue weighted by Crippen LogP contribution is 2.06. The van der Waals surface area contributed by atoms with Gasteiger partial charge in [0, 0.05) is 63.1 Å². The number of allylic oxidation sites excluding steroid dienone is 4. The first-order valence-corrected chi connectivity index (χ1v) is 10.3. The standard InChI is InChI=1S/C25H26N4O2/c30-24(12-3-1-8-22-10-5-14-26-20-22)28-16-7-17-29(19-18-28)25(31)13-4-2-9-23-11-6-15-27-21-23/h1-6,8-15,20-21H,7,16-19H2. The van der Waals surface area contributed by atoms with Gasteiger partial charge in [0.2, 0.25) is 11.8 Å². The fourth-order valence-corrected chi connectivity index (χ4v) is 3.13. The zero-order chi connectivity index (χ0) is 21.7. The summed E-state index contributed by atoms with van der Waals surface area (Å²) < 4.78 is 0. The number of hydrogen-bond donors (Lipinski definition) is 0. The topological polar surface area (TPSA) is 66.4 Å². The fourth-order valence-electron chi connectivity index (χ4n) is 3.13. The molecule has 2 aromatic rings. The third-order valence-corrected chi connectivity index (χ3v) is 4.77. The summed E-state index contributed by atoms with van der Waals surface area (Å²) in [5.74, 6) is -0.0832. The number of carbonyl (C=O) groups is 2. The molecule has 0 radical (unpaired) electrons. The van der Waals surface area contributed by atoms with Crippen LogP contribution in [-0.4, -0.2) is 57.8 Å². The van der Waals surface area contributed by atoms with Crippen LogP contribution in [0.1, 0.15) is 17.5 Å². The quantitative estimate of drug-likeness (QED) is 0.537. The molecule has 1 saturated heterocycles. The minimum absolute atomic E-state index is 0.0416. The van der Waals surface area contributed by atoms with Crippen molar-refractivity contribution in [1.29, 1.82) is 0 Å². The van der Waals surface area contributed by atoms with Gasteiger partial charge >= 0.3 is 0 Å². The molecule has 0 spiro atoms. The third-order valence-electron chi connectivity index (χ3n) is 4.77. The Morgan fingerprint density at radius 2 is 1.19 bits per heavy atom. The van der Waals surface area contributed by atoms with Crippen molar-refractivity contribution in [1.82, 2.24) is 19.8 Å². The van der Waals surface area contributed by atoms with Crippen molar-refractivity contribution in [2.45, 2.75) is 6.42 Å². The number of nitrogens with zero attached hydrogens (tertiary/aromatic N) is 4. The molecular formula is C25H26N4O2. The molecule has 2 aromatic heterocycles. The van der Waals surface area contributed by atoms with E-state index >= 15 is 0 Å². The van der Waals surface area contributed by atoms with Crippen molar-refractivity contribution in [3.63, 3.8) is 0 Å². The SMILES string of the molecule is O=C(C=CC=Cc1cccnc1)N1CCCN(C(=O)C=CC=Cc2cccnc2)CC1. The van der Waals surface area contributed by atoms with Crippen LogP contribution in [0.4, 0.5) is 0 Å². The molecule has 1 aliphatic heterocycles. The molecule has 0 saturated carbocycles. The summed E-state index contributed by atoms with van der Waals surface area (Å²) in [6.45, 7) is 2.34. The molecule has 6 nitrogen and oxygen atoms in total. The highest BCUT2D eigenvalue weighted by atomic mass is 16.2. The zero-order valence-corrected chi connectivity index (χ0v) is 17.4. The van der Waals surface area contributed by atoms with Gasteiger partial charge in [0.15, 0.2) is 0 Å². The van der Waals surface area contributed by atoms with E-state index in [-0.39, 0.29) is 11.8 Å². The Morgan fingerprint density at radius 1 is 0.710 bits per heavy atom. The van der Waals surface area contributed by atoms with Crippen LogP contribution < -0.4 is 0 Å². The molecule has 0 aromatic carbocycles. The van der Waals surface area contributed by atoms with Crippen LogP contribution in [0.2, 0.25) is 0 Å². The van der Waals surface area contributed by atoms with E-state index in [9.17, 15) is 9.59 Å². The van der Waals surface area contributed by atoms with Gasteiger partial charge in [-0.05, 0) is 29.7 Å². The molecule has 0 atom stereocenters. The summed E-state index contributed by atoms with van der Waals surface area (Å²) in [4.78, 5) is 36.6. The lowest BCUT2D eigenvalue weighted by Crippen LogP contribution is -2.36. The Kier molecular flexibility index (Phi) is 8.49. The number of carbonyl (C=O) groups excluding carboxylic acids is 2. The lowest BCUT2D eigenvalue weighted by atomic mass is 10.2. The van der Waals surface area contributed by atoms with Crippen LogP contribution in [0, 0.1) is 0 Å². The Morgan fingerprint density at radius 3 is 1.61 bits per heavy atom. The van der Waals surface area contributed by atoms with Gasteiger partial charge in [0.25, 0.3) is 0 Å². The van der Waals surface area contributed by atoms with Gasteiger partial charge in [-0.25, -0.2) is 0 Å². The van der Waals surface area contributed by atoms with Gasteiger partial charge in [0.1, 0.15) is 0 Å². The lowest BCUT2D eigenvalue weighted by molar-refractivity contribution is -0.128. The van der Waals surface area contributed by atoms with E-state index in [1.54, 1.807) is 58.9 Å². The van der Waals surface area contributed by atoms with E-state index in [0.29, 0.717) is 26.2 Å². The second-order valence-corrected chi connectivity index (χ2v) is 7.01. The monoisotopic (exact) mass is 414 g/mol. The molecule has 0 bridgehead atoms. The van der Waals surface area contributed by atoms with E-state index in [1.807, 2.05) is 48.6 Å². The third kappa shape index (κ3) is 7.51. The fraction of sp³-hybridized carbons (Fsp3) is 0.200. The molecule has 0 aliphatic carbocycles. The number of rotatable bonds is 6. The van der Waals surface area contributed by atoms with Crippen LogP contribution in [0.5, 0.6) is 0 Å². The first-order valence-electron chi connectivity index (χ1n) is 10.3. The molecule has 158 valence electrons. The van der Waals surface area contributed by atoms with Gasteiger partial charge in [-0.3, -0.25) is 19.6 Å². The van der Waals surface area contributed by atoms with Gasteiger partial charge < -0.3 is 9.80 Å². The van der Waals surface area contributed by atoms with Crippen LogP contribution in [0.15, 0.2) is 85.5 Å². The zero-order valence-electron chi connectivity index (χ0n) is 17.4. The molecule has 0 N–H and O–H groups in total. The summed E-state index contributed by atoms with van der Waals surface area (Å²) in [5, 5.41) is 0. The van der Waals surface area contributed by atoms with E-state index < -0.39 is 0 Å². The summed E-state index contributed by atoms with van der Waals surface area (Å²) in [7, 11) is 0. The molecule has 31 heavy (non-hydrogen) atoms. The Labute approximate surface area is 182 Å². The second kappa shape index (κ2) is 12.0. The van der Waals surface area contributed by atoms with E-state index in [1.165, 1.54) is 0 Å². The molecule has 1 aliphatic rings. The van der Waals surface area contributed by atoms with E-state index in [0.717, 1.165) is 17.5 Å². The minimum atomic E-state index is -0.0416. The minimum Gasteiger partial charge on any atom is -0.337 e. The van der Waals surface area contributed by atoms with Crippen LogP contribution in [-0.2, 0) is 9.59 Å². The first-order chi connectivity index (χ1) is 15.2. The summed E-state index contributed by atoms with van der Waals surface area (Å²) >= 11 is 0. The van der Waals surface area contributed by atoms with Crippen molar-refractivity contribution in [3.05, 3.63) is 96.6 Å².